The van der Waals surface area contributed by atoms with Crippen LogP contribution < -0.4 is 27.4 Å². The van der Waals surface area contributed by atoms with Crippen molar-refractivity contribution < 1.29 is 39.3 Å². The monoisotopic (exact) mass is 475 g/mol. The summed E-state index contributed by atoms with van der Waals surface area (Å²) in [4.78, 5) is 59.9. The maximum Gasteiger partial charge on any atom is 0.326 e. The summed E-state index contributed by atoms with van der Waals surface area (Å²) >= 11 is 0. The smallest absolute Gasteiger partial charge is 0.326 e. The Balaban J connectivity index is 5.29. The Hall–Kier alpha value is -2.77. The first kappa shape index (κ1) is 30.2. The van der Waals surface area contributed by atoms with Gasteiger partial charge >= 0.3 is 11.9 Å². The van der Waals surface area contributed by atoms with Gasteiger partial charge in [0.15, 0.2) is 0 Å². The number of aliphatic hydroxyl groups is 1. The number of aliphatic hydroxyl groups excluding tert-OH is 1. The molecule has 0 rings (SSSR count). The third-order valence-corrected chi connectivity index (χ3v) is 5.18. The molecule has 0 radical (unpaired) electrons. The first-order chi connectivity index (χ1) is 15.5. The van der Waals surface area contributed by atoms with Gasteiger partial charge in [0, 0.05) is 6.42 Å². The molecule has 190 valence electrons. The largest absolute Gasteiger partial charge is 0.481 e. The highest BCUT2D eigenvalue weighted by molar-refractivity contribution is 5.94. The number of carboxylic acids is 2. The van der Waals surface area contributed by atoms with Gasteiger partial charge in [0.2, 0.25) is 17.7 Å². The second-order valence-corrected chi connectivity index (χ2v) is 7.84. The van der Waals surface area contributed by atoms with Crippen LogP contribution in [0.3, 0.4) is 0 Å². The van der Waals surface area contributed by atoms with Crippen LogP contribution in [0.25, 0.3) is 0 Å². The number of nitrogens with two attached hydrogens (primary N) is 2. The molecule has 0 saturated carbocycles. The van der Waals surface area contributed by atoms with E-state index in [-0.39, 0.29) is 6.42 Å². The Morgan fingerprint density at radius 1 is 0.879 bits per heavy atom. The molecule has 5 unspecified atom stereocenters. The number of unbranched alkanes of at least 4 members (excludes halogenated alkanes) is 1. The molecule has 0 heterocycles. The van der Waals surface area contributed by atoms with E-state index in [2.05, 4.69) is 16.0 Å². The van der Waals surface area contributed by atoms with Gasteiger partial charge in [-0.3, -0.25) is 19.2 Å². The molecule has 0 aliphatic rings. The van der Waals surface area contributed by atoms with Gasteiger partial charge in [0.25, 0.3) is 0 Å². The molecular weight excluding hydrogens is 438 g/mol. The minimum Gasteiger partial charge on any atom is -0.481 e. The summed E-state index contributed by atoms with van der Waals surface area (Å²) < 4.78 is 0. The number of carbonyl (C=O) groups is 5. The first-order valence-corrected chi connectivity index (χ1v) is 10.9. The average molecular weight is 476 g/mol. The van der Waals surface area contributed by atoms with Crippen LogP contribution in [0.15, 0.2) is 0 Å². The van der Waals surface area contributed by atoms with Crippen LogP contribution >= 0.6 is 0 Å². The zero-order chi connectivity index (χ0) is 25.6. The Kier molecular flexibility index (Phi) is 14.6. The Morgan fingerprint density at radius 2 is 1.45 bits per heavy atom. The van der Waals surface area contributed by atoms with Crippen LogP contribution in [0, 0.1) is 5.92 Å². The van der Waals surface area contributed by atoms with E-state index < -0.39 is 72.8 Å². The van der Waals surface area contributed by atoms with Crippen molar-refractivity contribution in [2.45, 2.75) is 76.5 Å². The third kappa shape index (κ3) is 11.6. The maximum absolute atomic E-state index is 12.7. The van der Waals surface area contributed by atoms with Gasteiger partial charge in [0.1, 0.15) is 18.1 Å². The van der Waals surface area contributed by atoms with Gasteiger partial charge in [-0.25, -0.2) is 4.79 Å². The van der Waals surface area contributed by atoms with Crippen LogP contribution in [0.5, 0.6) is 0 Å². The standard InChI is InChI=1S/C20H37N5O8/c1-3-11(2)16(20(32)33)25-18(30)13(7-8-15(27)28)23-19(31)14(10-26)24-17(29)12(22)6-4-5-9-21/h11-14,16,26H,3-10,21-22H2,1-2H3,(H,23,31)(H,24,29)(H,25,30)(H,27,28)(H,32,33). The summed E-state index contributed by atoms with van der Waals surface area (Å²) in [5.74, 6) is -5.44. The van der Waals surface area contributed by atoms with Crippen molar-refractivity contribution in [2.24, 2.45) is 17.4 Å². The van der Waals surface area contributed by atoms with Gasteiger partial charge in [0.05, 0.1) is 12.6 Å². The molecular formula is C20H37N5O8. The van der Waals surface area contributed by atoms with Crippen LogP contribution in [-0.4, -0.2) is 82.3 Å². The van der Waals surface area contributed by atoms with E-state index in [0.29, 0.717) is 32.2 Å². The molecule has 0 fully saturated rings. The van der Waals surface area contributed by atoms with Gasteiger partial charge in [-0.05, 0) is 31.7 Å². The lowest BCUT2D eigenvalue weighted by Crippen LogP contribution is -2.58. The topological polar surface area (TPSA) is 234 Å². The van der Waals surface area contributed by atoms with Crippen molar-refractivity contribution in [1.29, 1.82) is 0 Å². The van der Waals surface area contributed by atoms with Crippen molar-refractivity contribution in [1.82, 2.24) is 16.0 Å². The molecule has 33 heavy (non-hydrogen) atoms. The number of amides is 3. The Labute approximate surface area is 192 Å². The van der Waals surface area contributed by atoms with E-state index in [4.69, 9.17) is 16.6 Å². The molecule has 0 spiro atoms. The molecule has 13 heteroatoms. The first-order valence-electron chi connectivity index (χ1n) is 10.9. The molecule has 10 N–H and O–H groups in total. The SMILES string of the molecule is CCC(C)C(NC(=O)C(CCC(=O)O)NC(=O)C(CO)NC(=O)C(N)CCCCN)C(=O)O. The van der Waals surface area contributed by atoms with Gasteiger partial charge < -0.3 is 42.7 Å². The summed E-state index contributed by atoms with van der Waals surface area (Å²) in [6.45, 7) is 3.00. The predicted molar refractivity (Wildman–Crippen MR) is 118 cm³/mol. The normalized spacial score (nSPS) is 15.4. The highest BCUT2D eigenvalue weighted by Gasteiger charge is 2.32. The van der Waals surface area contributed by atoms with Crippen LogP contribution in [0.1, 0.15) is 52.4 Å². The summed E-state index contributed by atoms with van der Waals surface area (Å²) in [5, 5.41) is 34.7. The number of aliphatic carboxylic acids is 2. The molecule has 5 atom stereocenters. The molecule has 0 aromatic rings. The quantitative estimate of drug-likeness (QED) is 0.106. The number of nitrogens with one attached hydrogen (secondary N) is 3. The maximum atomic E-state index is 12.7. The lowest BCUT2D eigenvalue weighted by molar-refractivity contribution is -0.144. The Morgan fingerprint density at radius 3 is 1.94 bits per heavy atom. The van der Waals surface area contributed by atoms with Crippen LogP contribution in [-0.2, 0) is 24.0 Å². The summed E-state index contributed by atoms with van der Waals surface area (Å²) in [6, 6.07) is -5.02. The van der Waals surface area contributed by atoms with E-state index in [1.54, 1.807) is 13.8 Å². The molecule has 0 bridgehead atoms. The predicted octanol–water partition coefficient (Wildman–Crippen LogP) is -2.12. The Bertz CT molecular complexity index is 675. The zero-order valence-corrected chi connectivity index (χ0v) is 19.1. The second kappa shape index (κ2) is 15.9. The number of rotatable bonds is 17. The van der Waals surface area contributed by atoms with Crippen molar-refractivity contribution in [2.75, 3.05) is 13.2 Å². The van der Waals surface area contributed by atoms with Crippen molar-refractivity contribution in [3.05, 3.63) is 0 Å². The fourth-order valence-corrected chi connectivity index (χ4v) is 2.86. The van der Waals surface area contributed by atoms with Gasteiger partial charge in [-0.2, -0.15) is 0 Å². The zero-order valence-electron chi connectivity index (χ0n) is 19.1. The van der Waals surface area contributed by atoms with Crippen molar-refractivity contribution >= 4 is 29.7 Å². The number of carboxylic acid groups (broad SMARTS) is 2. The molecule has 13 nitrogen and oxygen atoms in total. The fourth-order valence-electron chi connectivity index (χ4n) is 2.86. The van der Waals surface area contributed by atoms with Crippen molar-refractivity contribution in [3.63, 3.8) is 0 Å². The molecule has 3 amide bonds. The van der Waals surface area contributed by atoms with Gasteiger partial charge in [-0.1, -0.05) is 26.7 Å². The molecule has 0 aromatic heterocycles. The molecule has 0 saturated heterocycles. The van der Waals surface area contributed by atoms with Crippen LogP contribution in [0.4, 0.5) is 0 Å². The van der Waals surface area contributed by atoms with E-state index in [1.807, 2.05) is 0 Å². The highest BCUT2D eigenvalue weighted by Crippen LogP contribution is 2.09. The summed E-state index contributed by atoms with van der Waals surface area (Å²) in [6.07, 6.45) is 1.22. The number of carbonyl (C=O) groups excluding carboxylic acids is 3. The second-order valence-electron chi connectivity index (χ2n) is 7.84. The number of hydrogen-bond donors (Lipinski definition) is 8. The minimum absolute atomic E-state index is 0.318. The summed E-state index contributed by atoms with van der Waals surface area (Å²) in [5.41, 5.74) is 11.2. The third-order valence-electron chi connectivity index (χ3n) is 5.18. The molecule has 0 aromatic carbocycles. The lowest BCUT2D eigenvalue weighted by atomic mass is 9.98. The van der Waals surface area contributed by atoms with E-state index in [1.165, 1.54) is 0 Å². The highest BCUT2D eigenvalue weighted by atomic mass is 16.4. The van der Waals surface area contributed by atoms with E-state index in [0.717, 1.165) is 0 Å². The lowest BCUT2D eigenvalue weighted by Gasteiger charge is -2.26. The van der Waals surface area contributed by atoms with Crippen molar-refractivity contribution in [3.8, 4) is 0 Å². The molecule has 0 aliphatic heterocycles. The fraction of sp³-hybridized carbons (Fsp3) is 0.750. The van der Waals surface area contributed by atoms with E-state index in [9.17, 15) is 34.2 Å². The average Bonchev–Trinajstić information content (AvgIpc) is 2.76. The van der Waals surface area contributed by atoms with Gasteiger partial charge in [-0.15, -0.1) is 0 Å². The minimum atomic E-state index is -1.44. The molecule has 0 aliphatic carbocycles. The number of hydrogen-bond acceptors (Lipinski definition) is 8. The van der Waals surface area contributed by atoms with Crippen LogP contribution in [0.2, 0.25) is 0 Å². The summed E-state index contributed by atoms with van der Waals surface area (Å²) in [7, 11) is 0. The van der Waals surface area contributed by atoms with E-state index >= 15 is 0 Å².